The number of benzene rings is 1. The number of amides is 1. The van der Waals surface area contributed by atoms with Gasteiger partial charge in [-0.1, -0.05) is 6.92 Å². The van der Waals surface area contributed by atoms with Crippen LogP contribution in [0.15, 0.2) is 28.7 Å². The third-order valence-corrected chi connectivity index (χ3v) is 9.02. The molecule has 1 fully saturated rings. The molecule has 1 amide bonds. The molecule has 0 bridgehead atoms. The first-order chi connectivity index (χ1) is 19.0. The molecular formula is C28H36N4O8. The molecule has 1 aliphatic heterocycles. The molecule has 0 unspecified atom stereocenters. The number of phenols is 1. The standard InChI is InChI=1S/C28H36N4O8/c1-3-32-8-4-5-16(32)13-11-17(33)19-14(24(13)40-2)9-12-10-15-21(31-7-6-29)23(35)20(27(30)38)26(37)28(15,39)25(36)18(12)22(19)34/h11-12,15-16,21,31,33,35-36,39H,3-10,29H2,1-2H3,(H2,30,38)/t12-,15-,16-,21-,28-/m0/s1. The van der Waals surface area contributed by atoms with E-state index in [2.05, 4.69) is 17.1 Å². The average molecular weight is 557 g/mol. The normalized spacial score (nSPS) is 30.3. The predicted molar refractivity (Wildman–Crippen MR) is 143 cm³/mol. The molecule has 0 radical (unpaired) electrons. The highest BCUT2D eigenvalue weighted by molar-refractivity contribution is 6.24. The number of hydrogen-bond donors (Lipinski definition) is 7. The molecule has 5 rings (SSSR count). The minimum Gasteiger partial charge on any atom is -0.510 e. The largest absolute Gasteiger partial charge is 0.510 e. The number of aliphatic hydroxyl groups excluding tert-OH is 2. The molecule has 1 aromatic rings. The molecule has 0 aromatic heterocycles. The first kappa shape index (κ1) is 28.1. The van der Waals surface area contributed by atoms with Gasteiger partial charge >= 0.3 is 0 Å². The number of phenolic OH excluding ortho intramolecular Hbond substituents is 1. The number of nitrogens with two attached hydrogens (primary N) is 2. The van der Waals surface area contributed by atoms with Crippen molar-refractivity contribution in [2.24, 2.45) is 23.3 Å². The van der Waals surface area contributed by atoms with Gasteiger partial charge in [0.05, 0.1) is 18.7 Å². The number of nitrogens with one attached hydrogen (secondary N) is 1. The molecule has 0 spiro atoms. The predicted octanol–water partition coefficient (Wildman–Crippen LogP) is 0.273. The van der Waals surface area contributed by atoms with Gasteiger partial charge in [0.15, 0.2) is 11.4 Å². The van der Waals surface area contributed by atoms with Crippen molar-refractivity contribution in [3.63, 3.8) is 0 Å². The van der Waals surface area contributed by atoms with Crippen molar-refractivity contribution in [2.45, 2.75) is 50.3 Å². The lowest BCUT2D eigenvalue weighted by Crippen LogP contribution is -2.64. The lowest BCUT2D eigenvalue weighted by Gasteiger charge is -2.49. The second-order valence-electron chi connectivity index (χ2n) is 10.9. The number of Topliss-reactive ketones (excluding diaryl/α,β-unsaturated/α-hetero) is 2. The SMILES string of the molecule is CCN1CCC[C@H]1c1cc(O)c2c(c1OC)C[C@H]1C[C@H]3[C@H](NCCN)C(O)=C(C(N)=O)C(=O)[C@@]3(O)C(O)=C1C2=O. The van der Waals surface area contributed by atoms with Gasteiger partial charge in [0, 0.05) is 41.7 Å². The summed E-state index contributed by atoms with van der Waals surface area (Å²) in [5.74, 6) is -6.47. The number of aliphatic hydroxyl groups is 3. The van der Waals surface area contributed by atoms with E-state index in [0.29, 0.717) is 11.3 Å². The smallest absolute Gasteiger partial charge is 0.255 e. The Kier molecular flexibility index (Phi) is 7.15. The molecule has 1 heterocycles. The summed E-state index contributed by atoms with van der Waals surface area (Å²) in [5, 5.41) is 48.1. The molecule has 12 heteroatoms. The van der Waals surface area contributed by atoms with Crippen LogP contribution in [0.3, 0.4) is 0 Å². The van der Waals surface area contributed by atoms with E-state index in [4.69, 9.17) is 16.2 Å². The number of rotatable bonds is 7. The number of allylic oxidation sites excluding steroid dienone is 1. The number of carbonyl (C=O) groups excluding carboxylic acids is 3. The summed E-state index contributed by atoms with van der Waals surface area (Å²) in [6.45, 7) is 4.08. The van der Waals surface area contributed by atoms with Crippen LogP contribution in [0.2, 0.25) is 0 Å². The zero-order valence-corrected chi connectivity index (χ0v) is 22.6. The van der Waals surface area contributed by atoms with Crippen LogP contribution in [0.1, 0.15) is 53.7 Å². The maximum Gasteiger partial charge on any atom is 0.255 e. The van der Waals surface area contributed by atoms with Gasteiger partial charge in [0.25, 0.3) is 5.91 Å². The Morgan fingerprint density at radius 1 is 1.27 bits per heavy atom. The van der Waals surface area contributed by atoms with E-state index in [0.717, 1.165) is 31.5 Å². The molecule has 3 aliphatic carbocycles. The summed E-state index contributed by atoms with van der Waals surface area (Å²) >= 11 is 0. The Bertz CT molecular complexity index is 1350. The zero-order chi connectivity index (χ0) is 29.1. The van der Waals surface area contributed by atoms with Crippen molar-refractivity contribution in [1.82, 2.24) is 10.2 Å². The highest BCUT2D eigenvalue weighted by Gasteiger charge is 2.63. The number of fused-ring (bicyclic) bond motifs is 3. The molecule has 1 aromatic carbocycles. The number of hydrogen-bond acceptors (Lipinski definition) is 11. The molecule has 5 atom stereocenters. The molecule has 1 saturated heterocycles. The molecule has 40 heavy (non-hydrogen) atoms. The molecule has 4 aliphatic rings. The summed E-state index contributed by atoms with van der Waals surface area (Å²) in [4.78, 5) is 41.7. The summed E-state index contributed by atoms with van der Waals surface area (Å²) in [5.41, 5.74) is 8.43. The number of likely N-dealkylation sites (tertiary alicyclic amines) is 1. The maximum atomic E-state index is 13.9. The van der Waals surface area contributed by atoms with Crippen LogP contribution >= 0.6 is 0 Å². The van der Waals surface area contributed by atoms with Crippen LogP contribution in [0.5, 0.6) is 11.5 Å². The third kappa shape index (κ3) is 3.85. The minimum atomic E-state index is -2.70. The van der Waals surface area contributed by atoms with Gasteiger partial charge in [0.2, 0.25) is 5.78 Å². The van der Waals surface area contributed by atoms with E-state index in [1.807, 2.05) is 0 Å². The summed E-state index contributed by atoms with van der Waals surface area (Å²) in [6.07, 6.45) is 2.01. The van der Waals surface area contributed by atoms with Crippen molar-refractivity contribution in [3.05, 3.63) is 45.4 Å². The van der Waals surface area contributed by atoms with Crippen LogP contribution in [-0.4, -0.2) is 87.7 Å². The van der Waals surface area contributed by atoms with Gasteiger partial charge in [-0.15, -0.1) is 0 Å². The van der Waals surface area contributed by atoms with E-state index in [-0.39, 0.29) is 48.9 Å². The Balaban J connectivity index is 1.67. The molecule has 9 N–H and O–H groups in total. The van der Waals surface area contributed by atoms with Crippen LogP contribution in [0.4, 0.5) is 0 Å². The fourth-order valence-corrected chi connectivity index (χ4v) is 7.27. The first-order valence-corrected chi connectivity index (χ1v) is 13.6. The highest BCUT2D eigenvalue weighted by Crippen LogP contribution is 2.54. The van der Waals surface area contributed by atoms with Gasteiger partial charge in [-0.3, -0.25) is 19.3 Å². The van der Waals surface area contributed by atoms with Crippen molar-refractivity contribution in [3.8, 4) is 11.5 Å². The Labute approximate surface area is 231 Å². The number of ketones is 2. The number of carbonyl (C=O) groups is 3. The Hall–Kier alpha value is -3.45. The van der Waals surface area contributed by atoms with Gasteiger partial charge in [0.1, 0.15) is 28.6 Å². The first-order valence-electron chi connectivity index (χ1n) is 13.6. The van der Waals surface area contributed by atoms with Crippen molar-refractivity contribution < 1.29 is 39.5 Å². The van der Waals surface area contributed by atoms with Gasteiger partial charge in [-0.25, -0.2) is 0 Å². The summed E-state index contributed by atoms with van der Waals surface area (Å²) in [6, 6.07) is 0.382. The number of primary amides is 1. The zero-order valence-electron chi connectivity index (χ0n) is 22.6. The van der Waals surface area contributed by atoms with Crippen LogP contribution < -0.4 is 21.5 Å². The number of methoxy groups -OCH3 is 1. The number of ether oxygens (including phenoxy) is 1. The van der Waals surface area contributed by atoms with E-state index in [1.54, 1.807) is 0 Å². The second kappa shape index (κ2) is 10.2. The fraction of sp³-hybridized carbons (Fsp3) is 0.536. The van der Waals surface area contributed by atoms with Gasteiger partial charge in [-0.05, 0) is 50.8 Å². The van der Waals surface area contributed by atoms with Gasteiger partial charge < -0.3 is 41.9 Å². The quantitative estimate of drug-likeness (QED) is 0.227. The lowest BCUT2D eigenvalue weighted by atomic mass is 9.58. The third-order valence-electron chi connectivity index (χ3n) is 9.02. The van der Waals surface area contributed by atoms with Crippen molar-refractivity contribution >= 4 is 17.5 Å². The van der Waals surface area contributed by atoms with Crippen LogP contribution in [0, 0.1) is 11.8 Å². The number of nitrogens with zero attached hydrogens (tertiary/aromatic N) is 1. The maximum absolute atomic E-state index is 13.9. The number of aromatic hydroxyl groups is 1. The van der Waals surface area contributed by atoms with Crippen molar-refractivity contribution in [1.29, 1.82) is 0 Å². The Morgan fingerprint density at radius 2 is 2.00 bits per heavy atom. The molecular weight excluding hydrogens is 520 g/mol. The summed E-state index contributed by atoms with van der Waals surface area (Å²) in [7, 11) is 1.51. The lowest BCUT2D eigenvalue weighted by molar-refractivity contribution is -0.146. The van der Waals surface area contributed by atoms with Crippen LogP contribution in [0.25, 0.3) is 0 Å². The van der Waals surface area contributed by atoms with E-state index in [9.17, 15) is 34.8 Å². The Morgan fingerprint density at radius 3 is 2.62 bits per heavy atom. The monoisotopic (exact) mass is 556 g/mol. The van der Waals surface area contributed by atoms with Gasteiger partial charge in [-0.2, -0.15) is 0 Å². The fourth-order valence-electron chi connectivity index (χ4n) is 7.27. The second-order valence-corrected chi connectivity index (χ2v) is 10.9. The molecule has 12 nitrogen and oxygen atoms in total. The van der Waals surface area contributed by atoms with Crippen molar-refractivity contribution in [2.75, 3.05) is 33.3 Å². The van der Waals surface area contributed by atoms with E-state index >= 15 is 0 Å². The highest BCUT2D eigenvalue weighted by atomic mass is 16.5. The topological polar surface area (TPSA) is 209 Å². The average Bonchev–Trinajstić information content (AvgIpc) is 3.39. The molecule has 216 valence electrons. The molecule has 0 saturated carbocycles. The minimum absolute atomic E-state index is 0.00292. The van der Waals surface area contributed by atoms with Crippen LogP contribution in [-0.2, 0) is 16.0 Å². The summed E-state index contributed by atoms with van der Waals surface area (Å²) < 4.78 is 5.84. The van der Waals surface area contributed by atoms with E-state index in [1.165, 1.54) is 13.2 Å². The van der Waals surface area contributed by atoms with E-state index < -0.39 is 58.0 Å².